The van der Waals surface area contributed by atoms with Gasteiger partial charge in [-0.2, -0.15) is 0 Å². The van der Waals surface area contributed by atoms with Gasteiger partial charge >= 0.3 is 5.97 Å². The van der Waals surface area contributed by atoms with Crippen molar-refractivity contribution in [2.75, 3.05) is 7.11 Å². The zero-order chi connectivity index (χ0) is 23.5. The van der Waals surface area contributed by atoms with Crippen LogP contribution in [0.25, 0.3) is 16.7 Å². The lowest BCUT2D eigenvalue weighted by Crippen LogP contribution is -2.04. The largest absolute Gasteiger partial charge is 0.497 e. The third-order valence-corrected chi connectivity index (χ3v) is 6.06. The molecule has 1 N–H and O–H groups in total. The summed E-state index contributed by atoms with van der Waals surface area (Å²) >= 11 is 0. The molecule has 0 saturated carbocycles. The average Bonchev–Trinajstić information content (AvgIpc) is 3.20. The fraction of sp³-hybridized carbons (Fsp3) is 0.250. The van der Waals surface area contributed by atoms with Gasteiger partial charge in [-0.1, -0.05) is 35.9 Å². The Labute approximate surface area is 193 Å². The minimum absolute atomic E-state index is 0.00520. The van der Waals surface area contributed by atoms with Gasteiger partial charge in [0.1, 0.15) is 23.4 Å². The van der Waals surface area contributed by atoms with Crippen molar-refractivity contribution in [2.45, 2.75) is 39.2 Å². The number of benzene rings is 3. The van der Waals surface area contributed by atoms with Gasteiger partial charge in [0, 0.05) is 5.56 Å². The van der Waals surface area contributed by atoms with Gasteiger partial charge in [0.15, 0.2) is 0 Å². The Morgan fingerprint density at radius 1 is 1.03 bits per heavy atom. The highest BCUT2D eigenvalue weighted by molar-refractivity contribution is 5.85. The van der Waals surface area contributed by atoms with E-state index in [2.05, 4.69) is 0 Å². The SMILES string of the molecule is COc1ccc(F)c(-c2ccc3c(c2)CCC3Oc2ccc(C(CC(=O)O)=C(C)C)cc2)c1. The fourth-order valence-corrected chi connectivity index (χ4v) is 4.34. The molecule has 1 aliphatic rings. The predicted octanol–water partition coefficient (Wildman–Crippen LogP) is 6.84. The maximum atomic E-state index is 14.4. The number of carboxylic acids is 1. The number of allylic oxidation sites excluding steroid dienone is 1. The molecule has 0 fully saturated rings. The highest BCUT2D eigenvalue weighted by atomic mass is 19.1. The molecular formula is C28H27FO4. The summed E-state index contributed by atoms with van der Waals surface area (Å²) in [6, 6.07) is 18.3. The fourth-order valence-electron chi connectivity index (χ4n) is 4.34. The monoisotopic (exact) mass is 446 g/mol. The van der Waals surface area contributed by atoms with Crippen LogP contribution in [0.2, 0.25) is 0 Å². The number of fused-ring (bicyclic) bond motifs is 1. The number of ether oxygens (including phenoxy) is 2. The van der Waals surface area contributed by atoms with Gasteiger partial charge in [0.25, 0.3) is 0 Å². The second-order valence-corrected chi connectivity index (χ2v) is 8.48. The first-order chi connectivity index (χ1) is 15.9. The van der Waals surface area contributed by atoms with E-state index in [1.807, 2.05) is 56.3 Å². The van der Waals surface area contributed by atoms with E-state index in [4.69, 9.17) is 9.47 Å². The molecule has 1 atom stereocenters. The number of rotatable bonds is 7. The van der Waals surface area contributed by atoms with Crippen LogP contribution in [0.1, 0.15) is 49.5 Å². The number of hydrogen-bond acceptors (Lipinski definition) is 3. The van der Waals surface area contributed by atoms with Crippen LogP contribution in [0.5, 0.6) is 11.5 Å². The number of carbonyl (C=O) groups is 1. The van der Waals surface area contributed by atoms with Gasteiger partial charge in [-0.05, 0) is 84.8 Å². The normalized spacial score (nSPS) is 14.5. The Kier molecular flexibility index (Phi) is 6.50. The highest BCUT2D eigenvalue weighted by Gasteiger charge is 2.25. The van der Waals surface area contributed by atoms with E-state index in [-0.39, 0.29) is 18.3 Å². The van der Waals surface area contributed by atoms with Crippen molar-refractivity contribution in [2.24, 2.45) is 0 Å². The van der Waals surface area contributed by atoms with E-state index >= 15 is 0 Å². The number of aryl methyl sites for hydroxylation is 1. The number of hydrogen-bond donors (Lipinski definition) is 1. The first-order valence-corrected chi connectivity index (χ1v) is 11.0. The molecule has 3 aromatic carbocycles. The zero-order valence-corrected chi connectivity index (χ0v) is 19.0. The Bertz CT molecular complexity index is 1210. The molecule has 4 nitrogen and oxygen atoms in total. The average molecular weight is 447 g/mol. The third kappa shape index (κ3) is 4.92. The zero-order valence-electron chi connectivity index (χ0n) is 19.0. The summed E-state index contributed by atoms with van der Waals surface area (Å²) in [7, 11) is 1.57. The lowest BCUT2D eigenvalue weighted by molar-refractivity contribution is -0.135. The van der Waals surface area contributed by atoms with Gasteiger partial charge in [-0.15, -0.1) is 0 Å². The van der Waals surface area contributed by atoms with Crippen LogP contribution in [0, 0.1) is 5.82 Å². The summed E-state index contributed by atoms with van der Waals surface area (Å²) in [5.41, 5.74) is 6.31. The van der Waals surface area contributed by atoms with E-state index in [1.54, 1.807) is 19.2 Å². The minimum atomic E-state index is -0.845. The van der Waals surface area contributed by atoms with Crippen molar-refractivity contribution in [3.05, 3.63) is 88.7 Å². The topological polar surface area (TPSA) is 55.8 Å². The van der Waals surface area contributed by atoms with Crippen LogP contribution in [-0.4, -0.2) is 18.2 Å². The number of aliphatic carboxylic acids is 1. The highest BCUT2D eigenvalue weighted by Crippen LogP contribution is 2.38. The summed E-state index contributed by atoms with van der Waals surface area (Å²) in [6.45, 7) is 3.84. The molecule has 1 aliphatic carbocycles. The van der Waals surface area contributed by atoms with Crippen molar-refractivity contribution in [1.29, 1.82) is 0 Å². The summed E-state index contributed by atoms with van der Waals surface area (Å²) in [4.78, 5) is 11.2. The van der Waals surface area contributed by atoms with Crippen molar-refractivity contribution >= 4 is 11.5 Å². The van der Waals surface area contributed by atoms with E-state index in [1.165, 1.54) is 6.07 Å². The molecule has 0 saturated heterocycles. The quantitative estimate of drug-likeness (QED) is 0.432. The molecular weight excluding hydrogens is 419 g/mol. The number of carboxylic acid groups (broad SMARTS) is 1. The van der Waals surface area contributed by atoms with Crippen LogP contribution in [0.3, 0.4) is 0 Å². The maximum absolute atomic E-state index is 14.4. The summed E-state index contributed by atoms with van der Waals surface area (Å²) in [5.74, 6) is 0.238. The minimum Gasteiger partial charge on any atom is -0.497 e. The van der Waals surface area contributed by atoms with Crippen LogP contribution in [-0.2, 0) is 11.2 Å². The lowest BCUT2D eigenvalue weighted by atomic mass is 9.98. The van der Waals surface area contributed by atoms with Crippen LogP contribution < -0.4 is 9.47 Å². The molecule has 0 heterocycles. The number of halogens is 1. The van der Waals surface area contributed by atoms with Gasteiger partial charge in [-0.25, -0.2) is 4.39 Å². The Hall–Kier alpha value is -3.60. The van der Waals surface area contributed by atoms with Crippen LogP contribution in [0.15, 0.2) is 66.2 Å². The van der Waals surface area contributed by atoms with E-state index in [0.717, 1.165) is 52.0 Å². The molecule has 33 heavy (non-hydrogen) atoms. The molecule has 5 heteroatoms. The molecule has 0 radical (unpaired) electrons. The van der Waals surface area contributed by atoms with E-state index in [0.29, 0.717) is 11.3 Å². The van der Waals surface area contributed by atoms with Crippen molar-refractivity contribution in [3.8, 4) is 22.6 Å². The van der Waals surface area contributed by atoms with E-state index < -0.39 is 5.97 Å². The Morgan fingerprint density at radius 3 is 2.42 bits per heavy atom. The van der Waals surface area contributed by atoms with Crippen molar-refractivity contribution < 1.29 is 23.8 Å². The predicted molar refractivity (Wildman–Crippen MR) is 127 cm³/mol. The summed E-state index contributed by atoms with van der Waals surface area (Å²) < 4.78 is 25.9. The molecule has 170 valence electrons. The number of methoxy groups -OCH3 is 1. The maximum Gasteiger partial charge on any atom is 0.307 e. The smallest absolute Gasteiger partial charge is 0.307 e. The Morgan fingerprint density at radius 2 is 1.76 bits per heavy atom. The lowest BCUT2D eigenvalue weighted by Gasteiger charge is -2.16. The molecule has 0 bridgehead atoms. The second-order valence-electron chi connectivity index (χ2n) is 8.48. The van der Waals surface area contributed by atoms with Gasteiger partial charge < -0.3 is 14.6 Å². The van der Waals surface area contributed by atoms with Crippen molar-refractivity contribution in [1.82, 2.24) is 0 Å². The molecule has 0 amide bonds. The molecule has 3 aromatic rings. The van der Waals surface area contributed by atoms with Gasteiger partial charge in [0.05, 0.1) is 13.5 Å². The summed E-state index contributed by atoms with van der Waals surface area (Å²) in [6.07, 6.45) is 1.63. The van der Waals surface area contributed by atoms with Crippen LogP contribution >= 0.6 is 0 Å². The summed E-state index contributed by atoms with van der Waals surface area (Å²) in [5, 5.41) is 9.18. The molecule has 0 spiro atoms. The van der Waals surface area contributed by atoms with Gasteiger partial charge in [-0.3, -0.25) is 4.79 Å². The first kappa shape index (κ1) is 22.6. The molecule has 0 aromatic heterocycles. The van der Waals surface area contributed by atoms with Gasteiger partial charge in [0.2, 0.25) is 0 Å². The standard InChI is InChI=1S/C28H27FO4/c1-17(2)24(16-28(30)31)18-4-8-21(9-5-18)33-27-13-7-19-14-20(6-11-23(19)27)25-15-22(32-3)10-12-26(25)29/h4-6,8-12,14-15,27H,7,13,16H2,1-3H3,(H,30,31). The molecule has 0 aliphatic heterocycles. The van der Waals surface area contributed by atoms with E-state index in [9.17, 15) is 14.3 Å². The third-order valence-electron chi connectivity index (χ3n) is 6.06. The van der Waals surface area contributed by atoms with Crippen molar-refractivity contribution in [3.63, 3.8) is 0 Å². The second kappa shape index (κ2) is 9.49. The Balaban J connectivity index is 1.53. The van der Waals surface area contributed by atoms with Crippen LogP contribution in [0.4, 0.5) is 4.39 Å². The molecule has 1 unspecified atom stereocenters. The molecule has 4 rings (SSSR count). The first-order valence-electron chi connectivity index (χ1n) is 11.0.